The second-order valence-electron chi connectivity index (χ2n) is 15.3. The minimum absolute atomic E-state index is 0.899. The zero-order valence-corrected chi connectivity index (χ0v) is 32.1. The third kappa shape index (κ3) is 5.36. The molecule has 59 heavy (non-hydrogen) atoms. The maximum atomic E-state index is 6.51. The van der Waals surface area contributed by atoms with E-state index in [0.29, 0.717) is 0 Å². The first-order valence-electron chi connectivity index (χ1n) is 20.2. The van der Waals surface area contributed by atoms with Crippen LogP contribution >= 0.6 is 0 Å². The summed E-state index contributed by atoms with van der Waals surface area (Å²) in [7, 11) is 0. The first-order chi connectivity index (χ1) is 29.3. The molecule has 0 saturated carbocycles. The number of hydrogen-bond acceptors (Lipinski definition) is 2. The van der Waals surface area contributed by atoms with Crippen LogP contribution in [0.15, 0.2) is 223 Å². The average molecular weight is 753 g/mol. The largest absolute Gasteiger partial charge is 0.455 e. The van der Waals surface area contributed by atoms with Crippen molar-refractivity contribution >= 4 is 82.4 Å². The van der Waals surface area contributed by atoms with E-state index in [1.54, 1.807) is 0 Å². The van der Waals surface area contributed by atoms with Crippen LogP contribution in [-0.2, 0) is 0 Å². The highest BCUT2D eigenvalue weighted by Gasteiger charge is 2.19. The van der Waals surface area contributed by atoms with Crippen molar-refractivity contribution in [1.29, 1.82) is 0 Å². The van der Waals surface area contributed by atoms with Gasteiger partial charge in [0.15, 0.2) is 0 Å². The highest BCUT2D eigenvalue weighted by Crippen LogP contribution is 2.43. The molecule has 2 aromatic heterocycles. The molecule has 12 aromatic rings. The lowest BCUT2D eigenvalue weighted by Gasteiger charge is -2.27. The van der Waals surface area contributed by atoms with Gasteiger partial charge in [0.1, 0.15) is 11.2 Å². The number of para-hydroxylation sites is 5. The number of benzene rings is 10. The summed E-state index contributed by atoms with van der Waals surface area (Å²) in [5.41, 5.74) is 13.1. The van der Waals surface area contributed by atoms with Crippen LogP contribution < -0.4 is 4.90 Å². The van der Waals surface area contributed by atoms with Crippen LogP contribution in [0.25, 0.3) is 93.2 Å². The summed E-state index contributed by atoms with van der Waals surface area (Å²) < 4.78 is 8.92. The number of furan rings is 1. The van der Waals surface area contributed by atoms with Gasteiger partial charge in [0.05, 0.1) is 16.7 Å². The third-order valence-electron chi connectivity index (χ3n) is 12.0. The highest BCUT2D eigenvalue weighted by molar-refractivity contribution is 6.11. The van der Waals surface area contributed by atoms with Crippen molar-refractivity contribution in [2.45, 2.75) is 0 Å². The van der Waals surface area contributed by atoms with Gasteiger partial charge in [0.2, 0.25) is 0 Å². The quantitative estimate of drug-likeness (QED) is 0.158. The van der Waals surface area contributed by atoms with Gasteiger partial charge in [0.25, 0.3) is 0 Å². The fourth-order valence-electron chi connectivity index (χ4n) is 9.26. The summed E-state index contributed by atoms with van der Waals surface area (Å²) in [5, 5.41) is 9.71. The van der Waals surface area contributed by atoms with Gasteiger partial charge >= 0.3 is 0 Å². The molecule has 2 heterocycles. The summed E-state index contributed by atoms with van der Waals surface area (Å²) in [4.78, 5) is 2.37. The molecule has 0 atom stereocenters. The Morgan fingerprint density at radius 2 is 0.932 bits per heavy atom. The smallest absolute Gasteiger partial charge is 0.143 e. The van der Waals surface area contributed by atoms with E-state index in [1.807, 2.05) is 12.1 Å². The van der Waals surface area contributed by atoms with Crippen LogP contribution in [0.5, 0.6) is 0 Å². The van der Waals surface area contributed by atoms with Crippen LogP contribution in [0.1, 0.15) is 0 Å². The van der Waals surface area contributed by atoms with E-state index in [9.17, 15) is 0 Å². The Balaban J connectivity index is 1.01. The molecule has 10 aromatic carbocycles. The van der Waals surface area contributed by atoms with E-state index in [1.165, 1.54) is 48.9 Å². The van der Waals surface area contributed by atoms with Crippen LogP contribution in [0, 0.1) is 0 Å². The van der Waals surface area contributed by atoms with Gasteiger partial charge in [-0.15, -0.1) is 0 Å². The molecule has 0 radical (unpaired) electrons. The zero-order valence-electron chi connectivity index (χ0n) is 32.1. The second-order valence-corrected chi connectivity index (χ2v) is 15.3. The molecule has 0 fully saturated rings. The maximum absolute atomic E-state index is 6.51. The number of anilines is 3. The van der Waals surface area contributed by atoms with Gasteiger partial charge in [-0.2, -0.15) is 0 Å². The average Bonchev–Trinajstić information content (AvgIpc) is 3.85. The van der Waals surface area contributed by atoms with Crippen molar-refractivity contribution in [2.24, 2.45) is 0 Å². The van der Waals surface area contributed by atoms with E-state index in [4.69, 9.17) is 4.42 Å². The van der Waals surface area contributed by atoms with E-state index < -0.39 is 0 Å². The van der Waals surface area contributed by atoms with E-state index in [-0.39, 0.29) is 0 Å². The normalized spacial score (nSPS) is 11.7. The molecule has 0 saturated heterocycles. The molecule has 0 N–H and O–H groups in total. The number of hydrogen-bond donors (Lipinski definition) is 0. The topological polar surface area (TPSA) is 21.3 Å². The first-order valence-corrected chi connectivity index (χ1v) is 20.2. The lowest BCUT2D eigenvalue weighted by molar-refractivity contribution is 0.670. The highest BCUT2D eigenvalue weighted by atomic mass is 16.3. The fourth-order valence-corrected chi connectivity index (χ4v) is 9.26. The summed E-state index contributed by atoms with van der Waals surface area (Å²) in [6.45, 7) is 0. The molecule has 0 spiro atoms. The minimum atomic E-state index is 0.899. The van der Waals surface area contributed by atoms with Crippen molar-refractivity contribution in [1.82, 2.24) is 4.57 Å². The number of aromatic nitrogens is 1. The molecular formula is C56H36N2O. The van der Waals surface area contributed by atoms with Gasteiger partial charge in [-0.25, -0.2) is 0 Å². The van der Waals surface area contributed by atoms with Crippen LogP contribution in [-0.4, -0.2) is 4.57 Å². The Kier molecular flexibility index (Phi) is 7.54. The molecular weight excluding hydrogens is 717 g/mol. The van der Waals surface area contributed by atoms with Crippen molar-refractivity contribution in [3.63, 3.8) is 0 Å². The number of rotatable bonds is 6. The van der Waals surface area contributed by atoms with Gasteiger partial charge in [-0.1, -0.05) is 158 Å². The predicted molar refractivity (Wildman–Crippen MR) is 249 cm³/mol. The number of nitrogens with zero attached hydrogens (tertiary/aromatic N) is 2. The lowest BCUT2D eigenvalue weighted by atomic mass is 9.99. The molecule has 3 heteroatoms. The molecule has 0 aliphatic carbocycles. The fraction of sp³-hybridized carbons (Fsp3) is 0. The monoisotopic (exact) mass is 752 g/mol. The Morgan fingerprint density at radius 1 is 0.339 bits per heavy atom. The van der Waals surface area contributed by atoms with Gasteiger partial charge in [-0.05, 0) is 93.3 Å². The molecule has 0 aliphatic heterocycles. The molecule has 276 valence electrons. The third-order valence-corrected chi connectivity index (χ3v) is 12.0. The second kappa shape index (κ2) is 13.4. The minimum Gasteiger partial charge on any atom is -0.455 e. The predicted octanol–water partition coefficient (Wildman–Crippen LogP) is 15.8. The molecule has 12 rings (SSSR count). The van der Waals surface area contributed by atoms with Crippen molar-refractivity contribution < 1.29 is 4.42 Å². The standard InChI is InChI=1S/C56H36N2O/c1-2-16-44-37(13-1)27-28-40-36-43(33-34-45(40)44)57(42-15-11-14-39(35-42)47-21-12-22-51-50-20-6-10-26-55(50)59-56(47)51)41-31-29-38(30-32-41)46-17-3-7-23-52(46)58-53-24-8-4-18-48(53)49-19-5-9-25-54(49)58/h1-36H. The molecule has 0 bridgehead atoms. The molecule has 3 nitrogen and oxygen atoms in total. The lowest BCUT2D eigenvalue weighted by Crippen LogP contribution is -2.10. The van der Waals surface area contributed by atoms with E-state index >= 15 is 0 Å². The Hall–Kier alpha value is -7.88. The van der Waals surface area contributed by atoms with Gasteiger partial charge in [-0.3, -0.25) is 0 Å². The summed E-state index contributed by atoms with van der Waals surface area (Å²) in [6, 6.07) is 78.7. The Labute approximate surface area is 341 Å². The molecule has 0 unspecified atom stereocenters. The number of fused-ring (bicyclic) bond motifs is 9. The molecule has 0 aliphatic rings. The van der Waals surface area contributed by atoms with Crippen LogP contribution in [0.4, 0.5) is 17.1 Å². The van der Waals surface area contributed by atoms with E-state index in [2.05, 4.69) is 216 Å². The van der Waals surface area contributed by atoms with Gasteiger partial charge < -0.3 is 13.9 Å². The molecule has 0 amide bonds. The SMILES string of the molecule is c1cc(-c2cccc3c2oc2ccccc23)cc(N(c2ccc(-c3ccccc3-n3c4ccccc4c4ccccc43)cc2)c2ccc3c(ccc4ccccc43)c2)c1. The maximum Gasteiger partial charge on any atom is 0.143 e. The van der Waals surface area contributed by atoms with Crippen molar-refractivity contribution in [3.8, 4) is 27.9 Å². The summed E-state index contributed by atoms with van der Waals surface area (Å²) >= 11 is 0. The Morgan fingerprint density at radius 3 is 1.76 bits per heavy atom. The summed E-state index contributed by atoms with van der Waals surface area (Å²) in [6.07, 6.45) is 0. The van der Waals surface area contributed by atoms with Crippen LogP contribution in [0.2, 0.25) is 0 Å². The first kappa shape index (κ1) is 33.3. The van der Waals surface area contributed by atoms with Gasteiger partial charge in [0, 0.05) is 49.7 Å². The Bertz CT molecular complexity index is 3520. The van der Waals surface area contributed by atoms with Crippen molar-refractivity contribution in [3.05, 3.63) is 218 Å². The summed E-state index contributed by atoms with van der Waals surface area (Å²) in [5.74, 6) is 0. The van der Waals surface area contributed by atoms with Crippen LogP contribution in [0.3, 0.4) is 0 Å². The van der Waals surface area contributed by atoms with Crippen molar-refractivity contribution in [2.75, 3.05) is 4.90 Å². The van der Waals surface area contributed by atoms with E-state index in [0.717, 1.165) is 61.4 Å². The zero-order chi connectivity index (χ0) is 38.9.